The summed E-state index contributed by atoms with van der Waals surface area (Å²) < 4.78 is 3.81. The van der Waals surface area contributed by atoms with Gasteiger partial charge in [0.1, 0.15) is 17.7 Å². The fourth-order valence-corrected chi connectivity index (χ4v) is 3.82. The van der Waals surface area contributed by atoms with Crippen molar-refractivity contribution in [2.24, 2.45) is 0 Å². The van der Waals surface area contributed by atoms with Crippen molar-refractivity contribution >= 4 is 22.5 Å². The Hall–Kier alpha value is -3.01. The summed E-state index contributed by atoms with van der Waals surface area (Å²) in [4.78, 5) is 9.43. The Morgan fingerprint density at radius 1 is 1.27 bits per heavy atom. The number of fused-ring (bicyclic) bond motifs is 2. The molecule has 3 atom stereocenters. The lowest BCUT2D eigenvalue weighted by molar-refractivity contribution is 0.128. The second-order valence-corrected chi connectivity index (χ2v) is 8.01. The molecule has 9 nitrogen and oxygen atoms in total. The minimum Gasteiger partial charge on any atom is -0.391 e. The van der Waals surface area contributed by atoms with E-state index in [1.54, 1.807) is 16.9 Å². The van der Waals surface area contributed by atoms with E-state index in [1.165, 1.54) is 0 Å². The molecule has 1 unspecified atom stereocenters. The van der Waals surface area contributed by atoms with Crippen molar-refractivity contribution in [3.8, 4) is 11.3 Å². The largest absolute Gasteiger partial charge is 0.391 e. The molecule has 30 heavy (non-hydrogen) atoms. The number of nitrogens with zero attached hydrogens (tertiary/aromatic N) is 5. The maximum Gasteiger partial charge on any atom is 0.165 e. The predicted molar refractivity (Wildman–Crippen MR) is 114 cm³/mol. The van der Waals surface area contributed by atoms with Crippen LogP contribution in [0.3, 0.4) is 0 Å². The smallest absolute Gasteiger partial charge is 0.165 e. The van der Waals surface area contributed by atoms with E-state index in [4.69, 9.17) is 4.98 Å². The van der Waals surface area contributed by atoms with Gasteiger partial charge < -0.3 is 20.1 Å². The Labute approximate surface area is 173 Å². The van der Waals surface area contributed by atoms with Crippen LogP contribution in [-0.4, -0.2) is 53.6 Å². The van der Waals surface area contributed by atoms with Crippen LogP contribution in [0.5, 0.6) is 0 Å². The van der Waals surface area contributed by atoms with Gasteiger partial charge in [-0.1, -0.05) is 0 Å². The third-order valence-electron chi connectivity index (χ3n) is 5.60. The highest BCUT2D eigenvalue weighted by Crippen LogP contribution is 2.33. The quantitative estimate of drug-likeness (QED) is 0.362. The van der Waals surface area contributed by atoms with Gasteiger partial charge in [-0.2, -0.15) is 9.61 Å². The Bertz CT molecular complexity index is 1230. The van der Waals surface area contributed by atoms with Gasteiger partial charge in [0.25, 0.3) is 0 Å². The molecule has 0 amide bonds. The molecule has 156 valence electrons. The molecule has 9 heteroatoms. The lowest BCUT2D eigenvalue weighted by Crippen LogP contribution is -2.25. The Balaban J connectivity index is 1.67. The van der Waals surface area contributed by atoms with Gasteiger partial charge in [-0.3, -0.25) is 5.32 Å². The molecule has 5 rings (SSSR count). The van der Waals surface area contributed by atoms with Gasteiger partial charge in [0.05, 0.1) is 23.6 Å². The van der Waals surface area contributed by atoms with Crippen LogP contribution in [0, 0.1) is 0 Å². The number of hydrogen-bond acceptors (Lipinski definition) is 7. The number of hydrogen-bond donors (Lipinski definition) is 4. The van der Waals surface area contributed by atoms with Crippen molar-refractivity contribution < 1.29 is 10.2 Å². The van der Waals surface area contributed by atoms with E-state index >= 15 is 0 Å². The Morgan fingerprint density at radius 2 is 2.07 bits per heavy atom. The lowest BCUT2D eigenvalue weighted by atomic mass is 10.1. The van der Waals surface area contributed by atoms with Crippen LogP contribution in [0.15, 0.2) is 36.8 Å². The van der Waals surface area contributed by atoms with E-state index in [2.05, 4.69) is 45.3 Å². The van der Waals surface area contributed by atoms with Gasteiger partial charge in [0, 0.05) is 48.5 Å². The van der Waals surface area contributed by atoms with Crippen molar-refractivity contribution in [3.63, 3.8) is 0 Å². The average Bonchev–Trinajstić information content (AvgIpc) is 3.14. The second kappa shape index (κ2) is 7.05. The van der Waals surface area contributed by atoms with Gasteiger partial charge >= 0.3 is 0 Å². The summed E-state index contributed by atoms with van der Waals surface area (Å²) in [6.45, 7) is 4.24. The molecule has 4 aromatic rings. The molecular formula is C21H25N7O2. The van der Waals surface area contributed by atoms with Crippen LogP contribution in [0.4, 0.5) is 5.82 Å². The number of nitrogens with one attached hydrogen (secondary N) is 2. The van der Waals surface area contributed by atoms with E-state index in [-0.39, 0.29) is 12.1 Å². The molecule has 4 aromatic heterocycles. The molecular weight excluding hydrogens is 382 g/mol. The molecule has 1 saturated carbocycles. The van der Waals surface area contributed by atoms with Crippen LogP contribution < -0.4 is 10.6 Å². The lowest BCUT2D eigenvalue weighted by Gasteiger charge is -2.12. The van der Waals surface area contributed by atoms with Crippen LogP contribution in [0.1, 0.15) is 38.1 Å². The van der Waals surface area contributed by atoms with Crippen molar-refractivity contribution in [2.75, 3.05) is 12.4 Å². The molecule has 4 N–H and O–H groups in total. The normalized spacial score (nSPS) is 19.7. The van der Waals surface area contributed by atoms with Crippen LogP contribution in [0.25, 0.3) is 27.9 Å². The van der Waals surface area contributed by atoms with Crippen LogP contribution >= 0.6 is 0 Å². The third-order valence-corrected chi connectivity index (χ3v) is 5.60. The summed E-state index contributed by atoms with van der Waals surface area (Å²) in [5.41, 5.74) is 3.77. The van der Waals surface area contributed by atoms with Crippen molar-refractivity contribution in [3.05, 3.63) is 42.4 Å². The van der Waals surface area contributed by atoms with Gasteiger partial charge in [0.15, 0.2) is 5.65 Å². The summed E-state index contributed by atoms with van der Waals surface area (Å²) in [5.74, 6) is 0.759. The summed E-state index contributed by atoms with van der Waals surface area (Å²) in [6, 6.07) is 6.07. The Kier molecular flexibility index (Phi) is 4.46. The number of pyridine rings is 1. The van der Waals surface area contributed by atoms with Crippen LogP contribution in [0.2, 0.25) is 0 Å². The highest BCUT2D eigenvalue weighted by Gasteiger charge is 2.37. The number of aliphatic hydroxyl groups excluding tert-OH is 2. The molecule has 0 radical (unpaired) electrons. The highest BCUT2D eigenvalue weighted by atomic mass is 16.3. The average molecular weight is 407 g/mol. The molecule has 1 aliphatic rings. The van der Waals surface area contributed by atoms with E-state index < -0.39 is 12.3 Å². The number of aliphatic hydroxyl groups is 2. The molecule has 4 heterocycles. The van der Waals surface area contributed by atoms with E-state index in [1.807, 2.05) is 25.2 Å². The molecule has 0 saturated heterocycles. The summed E-state index contributed by atoms with van der Waals surface area (Å²) in [5, 5.41) is 31.8. The predicted octanol–water partition coefficient (Wildman–Crippen LogP) is 2.08. The minimum absolute atomic E-state index is 0.100. The summed E-state index contributed by atoms with van der Waals surface area (Å²) >= 11 is 0. The monoisotopic (exact) mass is 407 g/mol. The topological polar surface area (TPSA) is 113 Å². The molecule has 0 spiro atoms. The van der Waals surface area contributed by atoms with Gasteiger partial charge in [-0.15, -0.1) is 0 Å². The fourth-order valence-electron chi connectivity index (χ4n) is 3.82. The van der Waals surface area contributed by atoms with E-state index in [9.17, 15) is 10.2 Å². The third kappa shape index (κ3) is 3.02. The van der Waals surface area contributed by atoms with Gasteiger partial charge in [-0.25, -0.2) is 9.97 Å². The van der Waals surface area contributed by atoms with E-state index in [0.717, 1.165) is 28.1 Å². The summed E-state index contributed by atoms with van der Waals surface area (Å²) in [6.07, 6.45) is 4.75. The zero-order valence-electron chi connectivity index (χ0n) is 17.1. The van der Waals surface area contributed by atoms with Gasteiger partial charge in [-0.05, 0) is 32.4 Å². The molecule has 0 aromatic carbocycles. The minimum atomic E-state index is -0.962. The first-order chi connectivity index (χ1) is 14.5. The highest BCUT2D eigenvalue weighted by molar-refractivity contribution is 5.93. The molecule has 0 bridgehead atoms. The first-order valence-corrected chi connectivity index (χ1v) is 10.1. The zero-order valence-corrected chi connectivity index (χ0v) is 17.1. The van der Waals surface area contributed by atoms with Crippen molar-refractivity contribution in [1.82, 2.24) is 29.5 Å². The first kappa shape index (κ1) is 19.0. The SMILES string of the molecule is CNc1cc(-c2cn(C(C)C)c3ncccc23)nc2c(C(O)N[C@@H]3C[C@H]3O)cnn12. The van der Waals surface area contributed by atoms with Crippen LogP contribution in [-0.2, 0) is 0 Å². The second-order valence-electron chi connectivity index (χ2n) is 8.01. The standard InChI is InChI=1S/C21H25N7O2/c1-11(2)27-10-14(12-5-4-6-23-19(12)27)15-8-18(22-3)28-20(25-15)13(9-24-28)21(30)26-16-7-17(16)29/h4-6,8-11,16-17,21-22,26,29-30H,7H2,1-3H3/t16-,17-,21?/m1/s1. The molecule has 1 fully saturated rings. The zero-order chi connectivity index (χ0) is 21.0. The summed E-state index contributed by atoms with van der Waals surface area (Å²) in [7, 11) is 1.83. The van der Waals surface area contributed by atoms with E-state index in [0.29, 0.717) is 17.6 Å². The number of aromatic nitrogens is 5. The number of anilines is 1. The van der Waals surface area contributed by atoms with Crippen molar-refractivity contribution in [1.29, 1.82) is 0 Å². The Morgan fingerprint density at radius 3 is 2.77 bits per heavy atom. The first-order valence-electron chi connectivity index (χ1n) is 10.1. The maximum atomic E-state index is 10.7. The maximum absolute atomic E-state index is 10.7. The molecule has 0 aliphatic heterocycles. The van der Waals surface area contributed by atoms with Gasteiger partial charge in [0.2, 0.25) is 0 Å². The number of rotatable bonds is 6. The fraction of sp³-hybridized carbons (Fsp3) is 0.381. The molecule has 1 aliphatic carbocycles. The van der Waals surface area contributed by atoms with Crippen molar-refractivity contribution in [2.45, 2.75) is 44.7 Å².